The minimum Gasteiger partial charge on any atom is -0.347 e. The maximum atomic E-state index is 12.6. The molecule has 0 aliphatic carbocycles. The van der Waals surface area contributed by atoms with E-state index in [4.69, 9.17) is 0 Å². The molecule has 1 unspecified atom stereocenters. The van der Waals surface area contributed by atoms with Gasteiger partial charge in [0.25, 0.3) is 0 Å². The molecule has 0 saturated heterocycles. The molecule has 1 atom stereocenters. The van der Waals surface area contributed by atoms with Crippen molar-refractivity contribution in [2.24, 2.45) is 0 Å². The van der Waals surface area contributed by atoms with E-state index in [2.05, 4.69) is 43.3 Å². The third kappa shape index (κ3) is 3.74. The van der Waals surface area contributed by atoms with Crippen LogP contribution in [-0.2, 0) is 11.3 Å². The molecule has 1 amide bonds. The van der Waals surface area contributed by atoms with Crippen LogP contribution in [0, 0.1) is 6.92 Å². The van der Waals surface area contributed by atoms with Gasteiger partial charge in [-0.1, -0.05) is 48.5 Å². The van der Waals surface area contributed by atoms with Crippen LogP contribution in [0.4, 0.5) is 0 Å². The van der Waals surface area contributed by atoms with E-state index in [0.717, 1.165) is 16.9 Å². The van der Waals surface area contributed by atoms with Crippen LogP contribution in [0.3, 0.4) is 0 Å². The van der Waals surface area contributed by atoms with Gasteiger partial charge < -0.3 is 9.88 Å². The predicted octanol–water partition coefficient (Wildman–Crippen LogP) is 3.36. The summed E-state index contributed by atoms with van der Waals surface area (Å²) in [6.45, 7) is 2.46. The summed E-state index contributed by atoms with van der Waals surface area (Å²) >= 11 is 0. The predicted molar refractivity (Wildman–Crippen MR) is 104 cm³/mol. The highest BCUT2D eigenvalue weighted by atomic mass is 16.1. The van der Waals surface area contributed by atoms with Crippen molar-refractivity contribution in [1.82, 2.24) is 25.1 Å². The lowest BCUT2D eigenvalue weighted by Crippen LogP contribution is -2.30. The van der Waals surface area contributed by atoms with E-state index in [0.29, 0.717) is 18.8 Å². The van der Waals surface area contributed by atoms with Gasteiger partial charge in [0, 0.05) is 24.7 Å². The summed E-state index contributed by atoms with van der Waals surface area (Å²) in [4.78, 5) is 17.1. The number of nitrogens with one attached hydrogen (secondary N) is 2. The zero-order valence-electron chi connectivity index (χ0n) is 15.1. The second-order valence-corrected chi connectivity index (χ2v) is 6.51. The molecule has 2 N–H and O–H groups in total. The van der Waals surface area contributed by atoms with Crippen LogP contribution >= 0.6 is 0 Å². The van der Waals surface area contributed by atoms with Crippen molar-refractivity contribution in [3.05, 3.63) is 84.1 Å². The van der Waals surface area contributed by atoms with Crippen LogP contribution in [0.15, 0.2) is 66.9 Å². The number of hydrogen-bond acceptors (Lipinski definition) is 3. The Bertz CT molecular complexity index is 1050. The van der Waals surface area contributed by atoms with Crippen molar-refractivity contribution in [1.29, 1.82) is 0 Å². The molecule has 0 spiro atoms. The third-order valence-electron chi connectivity index (χ3n) is 4.57. The molecule has 0 saturated carbocycles. The van der Waals surface area contributed by atoms with Gasteiger partial charge in [0.15, 0.2) is 5.82 Å². The Kier molecular flexibility index (Phi) is 4.70. The maximum Gasteiger partial charge on any atom is 0.222 e. The minimum absolute atomic E-state index is 0.0379. The number of H-pyrrole nitrogens is 1. The molecule has 2 heterocycles. The van der Waals surface area contributed by atoms with Crippen LogP contribution < -0.4 is 5.32 Å². The lowest BCUT2D eigenvalue weighted by molar-refractivity contribution is -0.121. The van der Waals surface area contributed by atoms with Crippen molar-refractivity contribution in [2.45, 2.75) is 25.9 Å². The van der Waals surface area contributed by atoms with Gasteiger partial charge in [0.1, 0.15) is 11.9 Å². The molecule has 2 aromatic heterocycles. The fraction of sp³-hybridized carbons (Fsp3) is 0.190. The van der Waals surface area contributed by atoms with Crippen LogP contribution in [-0.4, -0.2) is 25.7 Å². The number of aromatic nitrogens is 4. The van der Waals surface area contributed by atoms with Crippen LogP contribution in [0.2, 0.25) is 0 Å². The number of hydrogen-bond donors (Lipinski definition) is 2. The Balaban J connectivity index is 1.48. The normalized spacial score (nSPS) is 12.2. The standard InChI is InChI=1S/C21H21N5O/c1-15-22-21(25-24-15)20(17-8-3-2-4-9-17)23-19(27)12-14-26-13-11-16-7-5-6-10-18(16)26/h2-11,13,20H,12,14H2,1H3,(H,23,27)(H,22,24,25). The highest BCUT2D eigenvalue weighted by Gasteiger charge is 2.20. The first kappa shape index (κ1) is 17.0. The van der Waals surface area contributed by atoms with E-state index in [-0.39, 0.29) is 11.9 Å². The summed E-state index contributed by atoms with van der Waals surface area (Å²) in [6.07, 6.45) is 2.40. The lowest BCUT2D eigenvalue weighted by Gasteiger charge is -2.16. The average molecular weight is 359 g/mol. The fourth-order valence-electron chi connectivity index (χ4n) is 3.22. The molecule has 0 bridgehead atoms. The monoisotopic (exact) mass is 359 g/mol. The lowest BCUT2D eigenvalue weighted by atomic mass is 10.1. The first-order chi connectivity index (χ1) is 13.2. The molecule has 6 nitrogen and oxygen atoms in total. The number of fused-ring (bicyclic) bond motifs is 1. The molecule has 6 heteroatoms. The zero-order valence-corrected chi connectivity index (χ0v) is 15.1. The fourth-order valence-corrected chi connectivity index (χ4v) is 3.22. The first-order valence-electron chi connectivity index (χ1n) is 8.98. The van der Waals surface area contributed by atoms with Crippen molar-refractivity contribution < 1.29 is 4.79 Å². The van der Waals surface area contributed by atoms with E-state index in [1.165, 1.54) is 5.39 Å². The Morgan fingerprint density at radius 1 is 1.11 bits per heavy atom. The number of carbonyl (C=O) groups is 1. The minimum atomic E-state index is -0.370. The quantitative estimate of drug-likeness (QED) is 0.554. The van der Waals surface area contributed by atoms with Crippen molar-refractivity contribution in [2.75, 3.05) is 0 Å². The molecule has 0 aliphatic heterocycles. The molecule has 0 fully saturated rings. The summed E-state index contributed by atoms with van der Waals surface area (Å²) in [5.74, 6) is 1.25. The number of benzene rings is 2. The van der Waals surface area contributed by atoms with Gasteiger partial charge in [-0.05, 0) is 30.0 Å². The highest BCUT2D eigenvalue weighted by molar-refractivity contribution is 5.80. The van der Waals surface area contributed by atoms with E-state index in [9.17, 15) is 4.79 Å². The summed E-state index contributed by atoms with van der Waals surface area (Å²) in [5.41, 5.74) is 2.09. The topological polar surface area (TPSA) is 75.6 Å². The third-order valence-corrected chi connectivity index (χ3v) is 4.57. The molecule has 4 aromatic rings. The van der Waals surface area contributed by atoms with Gasteiger partial charge in [-0.2, -0.15) is 5.10 Å². The Morgan fingerprint density at radius 2 is 1.89 bits per heavy atom. The maximum absolute atomic E-state index is 12.6. The highest BCUT2D eigenvalue weighted by Crippen LogP contribution is 2.19. The van der Waals surface area contributed by atoms with Gasteiger partial charge >= 0.3 is 0 Å². The van der Waals surface area contributed by atoms with E-state index in [1.807, 2.05) is 55.6 Å². The number of amides is 1. The van der Waals surface area contributed by atoms with E-state index >= 15 is 0 Å². The molecular weight excluding hydrogens is 338 g/mol. The number of aromatic amines is 1. The second-order valence-electron chi connectivity index (χ2n) is 6.51. The second kappa shape index (κ2) is 7.45. The van der Waals surface area contributed by atoms with Crippen molar-refractivity contribution >= 4 is 16.8 Å². The Hall–Kier alpha value is -3.41. The number of nitrogens with zero attached hydrogens (tertiary/aromatic N) is 3. The van der Waals surface area contributed by atoms with E-state index in [1.54, 1.807) is 0 Å². The summed E-state index contributed by atoms with van der Waals surface area (Å²) in [6, 6.07) is 19.6. The summed E-state index contributed by atoms with van der Waals surface area (Å²) in [7, 11) is 0. The van der Waals surface area contributed by atoms with Gasteiger partial charge in [-0.15, -0.1) is 0 Å². The summed E-state index contributed by atoms with van der Waals surface area (Å²) in [5, 5.41) is 11.3. The van der Waals surface area contributed by atoms with Gasteiger partial charge in [-0.3, -0.25) is 9.89 Å². The number of para-hydroxylation sites is 1. The molecule has 2 aromatic carbocycles. The van der Waals surface area contributed by atoms with Gasteiger partial charge in [-0.25, -0.2) is 4.98 Å². The van der Waals surface area contributed by atoms with Crippen LogP contribution in [0.5, 0.6) is 0 Å². The van der Waals surface area contributed by atoms with Crippen LogP contribution in [0.25, 0.3) is 10.9 Å². The largest absolute Gasteiger partial charge is 0.347 e. The van der Waals surface area contributed by atoms with Crippen LogP contribution in [0.1, 0.15) is 29.7 Å². The molecule has 136 valence electrons. The first-order valence-corrected chi connectivity index (χ1v) is 8.98. The van der Waals surface area contributed by atoms with Gasteiger partial charge in [0.2, 0.25) is 5.91 Å². The molecule has 0 radical (unpaired) electrons. The molecule has 27 heavy (non-hydrogen) atoms. The number of aryl methyl sites for hydroxylation is 2. The molecule has 0 aliphatic rings. The number of carbonyl (C=O) groups excluding carboxylic acids is 1. The van der Waals surface area contributed by atoms with E-state index < -0.39 is 0 Å². The van der Waals surface area contributed by atoms with Crippen molar-refractivity contribution in [3.63, 3.8) is 0 Å². The SMILES string of the molecule is Cc1nc(C(NC(=O)CCn2ccc3ccccc32)c2ccccc2)n[nH]1. The number of rotatable bonds is 6. The smallest absolute Gasteiger partial charge is 0.222 e. The molecular formula is C21H21N5O. The Morgan fingerprint density at radius 3 is 2.67 bits per heavy atom. The van der Waals surface area contributed by atoms with Gasteiger partial charge in [0.05, 0.1) is 0 Å². The zero-order chi connectivity index (χ0) is 18.6. The summed E-state index contributed by atoms with van der Waals surface area (Å²) < 4.78 is 2.10. The average Bonchev–Trinajstić information content (AvgIpc) is 3.31. The van der Waals surface area contributed by atoms with Crippen molar-refractivity contribution in [3.8, 4) is 0 Å². The Labute approximate surface area is 157 Å². The molecule has 4 rings (SSSR count).